The Morgan fingerprint density at radius 2 is 1.09 bits per heavy atom. The predicted octanol–water partition coefficient (Wildman–Crippen LogP) is 5.85. The highest BCUT2D eigenvalue weighted by Crippen LogP contribution is 2.26. The third-order valence-corrected chi connectivity index (χ3v) is 6.14. The second-order valence-electron chi connectivity index (χ2n) is 8.54. The maximum absolute atomic E-state index is 13.2. The van der Waals surface area contributed by atoms with Crippen molar-refractivity contribution < 1.29 is 14.3 Å². The molecule has 0 saturated carbocycles. The number of nitrogens with one attached hydrogen (secondary N) is 1. The largest absolute Gasteiger partial charge is 0.464 e. The lowest BCUT2D eigenvalue weighted by atomic mass is 9.84. The lowest BCUT2D eigenvalue weighted by molar-refractivity contribution is -0.152. The molecule has 0 radical (unpaired) electrons. The van der Waals surface area contributed by atoms with Gasteiger partial charge in [0.1, 0.15) is 5.54 Å². The smallest absolute Gasteiger partial charge is 0.332 e. The van der Waals surface area contributed by atoms with Gasteiger partial charge in [-0.05, 0) is 40.3 Å². The van der Waals surface area contributed by atoms with Crippen molar-refractivity contribution >= 4 is 12.4 Å². The topological polar surface area (TPSA) is 55.4 Å². The fourth-order valence-corrected chi connectivity index (χ4v) is 4.34. The second kappa shape index (κ2) is 11.3. The SMILES string of the molecule is CCOC(=O)C(Cc1ccc(-c2ccccc2)cc1)(Cc1ccc(-c2ccccc2)cc1)NC=O. The third kappa shape index (κ3) is 5.85. The van der Waals surface area contributed by atoms with Gasteiger partial charge in [-0.15, -0.1) is 0 Å². The van der Waals surface area contributed by atoms with Gasteiger partial charge in [0.15, 0.2) is 0 Å². The minimum atomic E-state index is -1.21. The van der Waals surface area contributed by atoms with Crippen LogP contribution in [0.4, 0.5) is 0 Å². The molecule has 0 heterocycles. The highest BCUT2D eigenvalue weighted by molar-refractivity contribution is 5.84. The molecule has 0 aliphatic heterocycles. The van der Waals surface area contributed by atoms with Crippen LogP contribution >= 0.6 is 0 Å². The fraction of sp³-hybridized carbons (Fsp3) is 0.161. The summed E-state index contributed by atoms with van der Waals surface area (Å²) in [4.78, 5) is 24.9. The van der Waals surface area contributed by atoms with E-state index in [1.165, 1.54) is 0 Å². The maximum atomic E-state index is 13.2. The van der Waals surface area contributed by atoms with Crippen LogP contribution in [-0.2, 0) is 27.2 Å². The first kappa shape index (κ1) is 24.0. The van der Waals surface area contributed by atoms with Crippen LogP contribution in [0.3, 0.4) is 0 Å². The Labute approximate surface area is 206 Å². The quantitative estimate of drug-likeness (QED) is 0.237. The maximum Gasteiger partial charge on any atom is 0.332 e. The summed E-state index contributed by atoms with van der Waals surface area (Å²) in [5.41, 5.74) is 5.11. The minimum absolute atomic E-state index is 0.237. The Balaban J connectivity index is 1.61. The molecule has 1 amide bonds. The molecule has 0 fully saturated rings. The van der Waals surface area contributed by atoms with E-state index >= 15 is 0 Å². The molecule has 0 aliphatic rings. The van der Waals surface area contributed by atoms with Crippen LogP contribution in [0.1, 0.15) is 18.1 Å². The van der Waals surface area contributed by atoms with Crippen LogP contribution in [-0.4, -0.2) is 24.5 Å². The number of carbonyl (C=O) groups is 2. The van der Waals surface area contributed by atoms with Crippen molar-refractivity contribution in [1.82, 2.24) is 5.32 Å². The Kier molecular flexibility index (Phi) is 7.74. The van der Waals surface area contributed by atoms with Crippen LogP contribution < -0.4 is 5.32 Å². The van der Waals surface area contributed by atoms with E-state index in [0.29, 0.717) is 19.3 Å². The van der Waals surface area contributed by atoms with Gasteiger partial charge < -0.3 is 10.1 Å². The van der Waals surface area contributed by atoms with Gasteiger partial charge in [-0.1, -0.05) is 109 Å². The molecule has 176 valence electrons. The number of hydrogen-bond donors (Lipinski definition) is 1. The lowest BCUT2D eigenvalue weighted by Gasteiger charge is -2.31. The molecule has 0 saturated heterocycles. The molecular formula is C31H29NO3. The van der Waals surface area contributed by atoms with Gasteiger partial charge in [0.2, 0.25) is 6.41 Å². The summed E-state index contributed by atoms with van der Waals surface area (Å²) in [6, 6.07) is 36.4. The number of amides is 1. The van der Waals surface area contributed by atoms with Gasteiger partial charge in [0.25, 0.3) is 0 Å². The zero-order valence-electron chi connectivity index (χ0n) is 19.8. The number of hydrogen-bond acceptors (Lipinski definition) is 3. The van der Waals surface area contributed by atoms with Gasteiger partial charge >= 0.3 is 5.97 Å². The Hall–Kier alpha value is -4.18. The predicted molar refractivity (Wildman–Crippen MR) is 140 cm³/mol. The average molecular weight is 464 g/mol. The number of ether oxygens (including phenoxy) is 1. The van der Waals surface area contributed by atoms with E-state index in [1.54, 1.807) is 6.92 Å². The highest BCUT2D eigenvalue weighted by Gasteiger charge is 2.40. The first-order valence-corrected chi connectivity index (χ1v) is 11.8. The molecule has 4 heteroatoms. The summed E-state index contributed by atoms with van der Waals surface area (Å²) in [5, 5.41) is 2.82. The molecule has 35 heavy (non-hydrogen) atoms. The van der Waals surface area contributed by atoms with Crippen molar-refractivity contribution in [3.05, 3.63) is 120 Å². The van der Waals surface area contributed by atoms with Crippen molar-refractivity contribution in [2.24, 2.45) is 0 Å². The minimum Gasteiger partial charge on any atom is -0.464 e. The Bertz CT molecular complexity index is 1150. The molecule has 1 N–H and O–H groups in total. The van der Waals surface area contributed by atoms with E-state index < -0.39 is 11.5 Å². The van der Waals surface area contributed by atoms with Crippen molar-refractivity contribution in [2.45, 2.75) is 25.3 Å². The van der Waals surface area contributed by atoms with E-state index in [1.807, 2.05) is 84.9 Å². The molecule has 0 spiro atoms. The zero-order chi connectivity index (χ0) is 24.5. The van der Waals surface area contributed by atoms with Crippen LogP contribution in [0.15, 0.2) is 109 Å². The van der Waals surface area contributed by atoms with Gasteiger partial charge in [-0.2, -0.15) is 0 Å². The molecule has 0 atom stereocenters. The first-order valence-electron chi connectivity index (χ1n) is 11.8. The van der Waals surface area contributed by atoms with E-state index in [2.05, 4.69) is 29.6 Å². The normalized spacial score (nSPS) is 11.0. The summed E-state index contributed by atoms with van der Waals surface area (Å²) >= 11 is 0. The van der Waals surface area contributed by atoms with Crippen molar-refractivity contribution in [1.29, 1.82) is 0 Å². The summed E-state index contributed by atoms with van der Waals surface area (Å²) in [6.07, 6.45) is 1.23. The molecule has 0 aromatic heterocycles. The van der Waals surface area contributed by atoms with E-state index in [-0.39, 0.29) is 6.61 Å². The van der Waals surface area contributed by atoms with Gasteiger partial charge in [-0.3, -0.25) is 4.79 Å². The number of benzene rings is 4. The monoisotopic (exact) mass is 463 g/mol. The fourth-order valence-electron chi connectivity index (χ4n) is 4.34. The van der Waals surface area contributed by atoms with Crippen LogP contribution in [0.25, 0.3) is 22.3 Å². The van der Waals surface area contributed by atoms with Gasteiger partial charge in [0, 0.05) is 12.8 Å². The molecule has 4 aromatic carbocycles. The second-order valence-corrected chi connectivity index (χ2v) is 8.54. The number of rotatable bonds is 10. The van der Waals surface area contributed by atoms with Crippen LogP contribution in [0.2, 0.25) is 0 Å². The average Bonchev–Trinajstić information content (AvgIpc) is 2.91. The summed E-state index contributed by atoms with van der Waals surface area (Å²) < 4.78 is 5.43. The number of esters is 1. The van der Waals surface area contributed by atoms with Crippen molar-refractivity contribution in [3.63, 3.8) is 0 Å². The van der Waals surface area contributed by atoms with E-state index in [0.717, 1.165) is 33.4 Å². The molecule has 4 rings (SSSR count). The van der Waals surface area contributed by atoms with Gasteiger partial charge in [0.05, 0.1) is 6.61 Å². The van der Waals surface area contributed by atoms with Crippen molar-refractivity contribution in [2.75, 3.05) is 6.61 Å². The molecule has 0 aliphatic carbocycles. The van der Waals surface area contributed by atoms with Crippen LogP contribution in [0, 0.1) is 0 Å². The molecule has 4 nitrogen and oxygen atoms in total. The Morgan fingerprint density at radius 1 is 0.686 bits per heavy atom. The summed E-state index contributed by atoms with van der Waals surface area (Å²) in [7, 11) is 0. The first-order chi connectivity index (χ1) is 17.1. The van der Waals surface area contributed by atoms with Crippen LogP contribution in [0.5, 0.6) is 0 Å². The van der Waals surface area contributed by atoms with Crippen molar-refractivity contribution in [3.8, 4) is 22.3 Å². The molecular weight excluding hydrogens is 434 g/mol. The van der Waals surface area contributed by atoms with E-state index in [4.69, 9.17) is 4.74 Å². The Morgan fingerprint density at radius 3 is 1.46 bits per heavy atom. The number of carbonyl (C=O) groups excluding carboxylic acids is 2. The summed E-state index contributed by atoms with van der Waals surface area (Å²) in [5.74, 6) is -0.439. The zero-order valence-corrected chi connectivity index (χ0v) is 19.8. The molecule has 4 aromatic rings. The van der Waals surface area contributed by atoms with Gasteiger partial charge in [-0.25, -0.2) is 4.79 Å². The highest BCUT2D eigenvalue weighted by atomic mass is 16.5. The van der Waals surface area contributed by atoms with E-state index in [9.17, 15) is 9.59 Å². The third-order valence-electron chi connectivity index (χ3n) is 6.14. The standard InChI is InChI=1S/C31H29NO3/c1-2-35-30(34)31(32-23-33,21-24-13-17-28(18-14-24)26-9-5-3-6-10-26)22-25-15-19-29(20-16-25)27-11-7-4-8-12-27/h3-20,23H,2,21-22H2,1H3,(H,32,33). The summed E-state index contributed by atoms with van der Waals surface area (Å²) in [6.45, 7) is 2.01. The lowest BCUT2D eigenvalue weighted by Crippen LogP contribution is -2.56. The molecule has 0 unspecified atom stereocenters. The molecule has 0 bridgehead atoms.